The zero-order valence-corrected chi connectivity index (χ0v) is 11.9. The van der Waals surface area contributed by atoms with Crippen LogP contribution in [0.5, 0.6) is 0 Å². The topological polar surface area (TPSA) is 67.1 Å². The zero-order chi connectivity index (χ0) is 13.5. The van der Waals surface area contributed by atoms with Crippen LogP contribution in [0.25, 0.3) is 0 Å². The summed E-state index contributed by atoms with van der Waals surface area (Å²) in [6.45, 7) is 3.33. The van der Waals surface area contributed by atoms with E-state index in [-0.39, 0.29) is 0 Å². The Hall–Kier alpha value is -1.36. The van der Waals surface area contributed by atoms with Crippen LogP contribution in [0.2, 0.25) is 0 Å². The molecule has 0 radical (unpaired) electrons. The van der Waals surface area contributed by atoms with Crippen LogP contribution in [0.15, 0.2) is 6.07 Å². The second-order valence-electron chi connectivity index (χ2n) is 6.50. The molecular weight excluding hydrogens is 250 g/mol. The number of fused-ring (bicyclic) bond motifs is 1. The minimum Gasteiger partial charge on any atom is -0.368 e. The van der Waals surface area contributed by atoms with Crippen molar-refractivity contribution in [3.8, 4) is 0 Å². The van der Waals surface area contributed by atoms with Gasteiger partial charge >= 0.3 is 0 Å². The maximum atomic E-state index is 5.93. The number of nitrogen functional groups attached to an aromatic ring is 1. The van der Waals surface area contributed by atoms with Crippen LogP contribution in [0, 0.1) is 5.92 Å². The second-order valence-corrected chi connectivity index (χ2v) is 6.50. The molecule has 0 aromatic carbocycles. The maximum Gasteiger partial charge on any atom is 0.222 e. The fourth-order valence-electron chi connectivity index (χ4n) is 3.78. The number of rotatable bonds is 2. The fourth-order valence-corrected chi connectivity index (χ4v) is 3.78. The molecule has 5 heteroatoms. The van der Waals surface area contributed by atoms with E-state index >= 15 is 0 Å². The standard InChI is InChI=1S/C15H23N5/c16-15-18-12(10-3-1-4-10)7-14(19-15)20-8-11-5-2-6-17-13(11)9-20/h7,10-11,13,17H,1-6,8-9H2,(H2,16,18,19). The minimum atomic E-state index is 0.437. The summed E-state index contributed by atoms with van der Waals surface area (Å²) in [5.41, 5.74) is 7.08. The molecule has 5 nitrogen and oxygen atoms in total. The third-order valence-corrected chi connectivity index (χ3v) is 5.20. The zero-order valence-electron chi connectivity index (χ0n) is 11.9. The lowest BCUT2D eigenvalue weighted by Crippen LogP contribution is -2.40. The molecule has 108 valence electrons. The van der Waals surface area contributed by atoms with E-state index in [1.165, 1.54) is 32.1 Å². The van der Waals surface area contributed by atoms with Crippen molar-refractivity contribution in [2.24, 2.45) is 5.92 Å². The highest BCUT2D eigenvalue weighted by Crippen LogP contribution is 2.37. The number of nitrogens with one attached hydrogen (secondary N) is 1. The largest absolute Gasteiger partial charge is 0.368 e. The average Bonchev–Trinajstić information content (AvgIpc) is 2.79. The van der Waals surface area contributed by atoms with Gasteiger partial charge < -0.3 is 16.0 Å². The minimum absolute atomic E-state index is 0.437. The molecule has 0 bridgehead atoms. The number of nitrogens with zero attached hydrogens (tertiary/aromatic N) is 3. The van der Waals surface area contributed by atoms with Crippen molar-refractivity contribution in [2.45, 2.75) is 44.1 Å². The van der Waals surface area contributed by atoms with Gasteiger partial charge in [-0.1, -0.05) is 6.42 Å². The van der Waals surface area contributed by atoms with Crippen LogP contribution in [0.3, 0.4) is 0 Å². The molecule has 2 atom stereocenters. The van der Waals surface area contributed by atoms with Crippen LogP contribution in [-0.4, -0.2) is 35.6 Å². The van der Waals surface area contributed by atoms with E-state index in [1.54, 1.807) is 0 Å². The van der Waals surface area contributed by atoms with Crippen molar-refractivity contribution >= 4 is 11.8 Å². The number of piperidine rings is 1. The van der Waals surface area contributed by atoms with E-state index < -0.39 is 0 Å². The first-order chi connectivity index (χ1) is 9.79. The predicted octanol–water partition coefficient (Wildman–Crippen LogP) is 1.51. The van der Waals surface area contributed by atoms with Crippen LogP contribution < -0.4 is 16.0 Å². The number of aromatic nitrogens is 2. The smallest absolute Gasteiger partial charge is 0.222 e. The average molecular weight is 273 g/mol. The van der Waals surface area contributed by atoms with Crippen LogP contribution in [0.1, 0.15) is 43.7 Å². The second kappa shape index (κ2) is 4.88. The van der Waals surface area contributed by atoms with Crippen molar-refractivity contribution in [1.82, 2.24) is 15.3 Å². The first kappa shape index (κ1) is 12.4. The Morgan fingerprint density at radius 1 is 1.15 bits per heavy atom. The van der Waals surface area contributed by atoms with Crippen LogP contribution in [-0.2, 0) is 0 Å². The van der Waals surface area contributed by atoms with Crippen molar-refractivity contribution in [3.63, 3.8) is 0 Å². The third kappa shape index (κ3) is 2.14. The van der Waals surface area contributed by atoms with Crippen molar-refractivity contribution in [1.29, 1.82) is 0 Å². The Bertz CT molecular complexity index is 485. The summed E-state index contributed by atoms with van der Waals surface area (Å²) in [5, 5.41) is 3.64. The summed E-state index contributed by atoms with van der Waals surface area (Å²) < 4.78 is 0. The lowest BCUT2D eigenvalue weighted by molar-refractivity contribution is 0.340. The lowest BCUT2D eigenvalue weighted by atomic mass is 9.83. The predicted molar refractivity (Wildman–Crippen MR) is 79.8 cm³/mol. The van der Waals surface area contributed by atoms with E-state index in [2.05, 4.69) is 26.3 Å². The Balaban J connectivity index is 1.57. The summed E-state index contributed by atoms with van der Waals surface area (Å²) >= 11 is 0. The molecule has 1 aliphatic carbocycles. The molecule has 20 heavy (non-hydrogen) atoms. The molecule has 3 fully saturated rings. The van der Waals surface area contributed by atoms with Gasteiger partial charge in [-0.15, -0.1) is 0 Å². The monoisotopic (exact) mass is 273 g/mol. The summed E-state index contributed by atoms with van der Waals surface area (Å²) in [7, 11) is 0. The van der Waals surface area contributed by atoms with Crippen molar-refractivity contribution < 1.29 is 0 Å². The van der Waals surface area contributed by atoms with Gasteiger partial charge in [-0.05, 0) is 38.1 Å². The number of hydrogen-bond donors (Lipinski definition) is 2. The molecule has 0 spiro atoms. The van der Waals surface area contributed by atoms with E-state index in [0.717, 1.165) is 37.1 Å². The van der Waals surface area contributed by atoms with Crippen molar-refractivity contribution in [2.75, 3.05) is 30.3 Å². The number of anilines is 2. The molecule has 4 rings (SSSR count). The molecular formula is C15H23N5. The lowest BCUT2D eigenvalue weighted by Gasteiger charge is -2.26. The fraction of sp³-hybridized carbons (Fsp3) is 0.733. The van der Waals surface area contributed by atoms with Gasteiger partial charge in [0.05, 0.1) is 5.69 Å². The van der Waals surface area contributed by atoms with E-state index in [0.29, 0.717) is 17.9 Å². The summed E-state index contributed by atoms with van der Waals surface area (Å²) in [4.78, 5) is 11.3. The Morgan fingerprint density at radius 3 is 2.80 bits per heavy atom. The first-order valence-corrected chi connectivity index (χ1v) is 7.92. The third-order valence-electron chi connectivity index (χ3n) is 5.20. The summed E-state index contributed by atoms with van der Waals surface area (Å²) in [6.07, 6.45) is 6.46. The van der Waals surface area contributed by atoms with Gasteiger partial charge in [0.2, 0.25) is 5.95 Å². The highest BCUT2D eigenvalue weighted by molar-refractivity contribution is 5.46. The molecule has 1 aromatic rings. The first-order valence-electron chi connectivity index (χ1n) is 7.92. The molecule has 2 aliphatic heterocycles. The molecule has 3 heterocycles. The molecule has 2 unspecified atom stereocenters. The van der Waals surface area contributed by atoms with E-state index in [9.17, 15) is 0 Å². The Morgan fingerprint density at radius 2 is 2.05 bits per heavy atom. The summed E-state index contributed by atoms with van der Waals surface area (Å²) in [5.74, 6) is 2.86. The van der Waals surface area contributed by atoms with Crippen LogP contribution >= 0.6 is 0 Å². The quantitative estimate of drug-likeness (QED) is 0.855. The molecule has 0 amide bonds. The summed E-state index contributed by atoms with van der Waals surface area (Å²) in [6, 6.07) is 2.81. The molecule has 3 N–H and O–H groups in total. The van der Waals surface area contributed by atoms with Gasteiger partial charge in [0, 0.05) is 31.1 Å². The highest BCUT2D eigenvalue weighted by Gasteiger charge is 2.35. The molecule has 2 saturated heterocycles. The van der Waals surface area contributed by atoms with E-state index in [4.69, 9.17) is 5.73 Å². The van der Waals surface area contributed by atoms with Crippen LogP contribution in [0.4, 0.5) is 11.8 Å². The number of hydrogen-bond acceptors (Lipinski definition) is 5. The highest BCUT2D eigenvalue weighted by atomic mass is 15.3. The Kier molecular flexibility index (Phi) is 3.02. The molecule has 1 saturated carbocycles. The molecule has 3 aliphatic rings. The van der Waals surface area contributed by atoms with Gasteiger partial charge in [0.1, 0.15) is 5.82 Å². The SMILES string of the molecule is Nc1nc(C2CCC2)cc(N2CC3CCCNC3C2)n1. The maximum absolute atomic E-state index is 5.93. The van der Waals surface area contributed by atoms with Gasteiger partial charge in [0.15, 0.2) is 0 Å². The normalized spacial score (nSPS) is 30.1. The van der Waals surface area contributed by atoms with Crippen molar-refractivity contribution in [3.05, 3.63) is 11.8 Å². The van der Waals surface area contributed by atoms with Gasteiger partial charge in [-0.3, -0.25) is 0 Å². The Labute approximate surface area is 120 Å². The number of nitrogens with two attached hydrogens (primary N) is 1. The van der Waals surface area contributed by atoms with Gasteiger partial charge in [-0.2, -0.15) is 4.98 Å². The van der Waals surface area contributed by atoms with Gasteiger partial charge in [-0.25, -0.2) is 4.98 Å². The molecule has 1 aromatic heterocycles. The van der Waals surface area contributed by atoms with E-state index in [1.807, 2.05) is 0 Å². The van der Waals surface area contributed by atoms with Gasteiger partial charge in [0.25, 0.3) is 0 Å².